The number of imidazole rings is 1. The van der Waals surface area contributed by atoms with Crippen LogP contribution in [-0.2, 0) is 5.41 Å². The molecule has 0 saturated heterocycles. The van der Waals surface area contributed by atoms with Gasteiger partial charge in [-0.1, -0.05) is 34.6 Å². The Morgan fingerprint density at radius 3 is 2.50 bits per heavy atom. The maximum Gasteiger partial charge on any atom is 0.111 e. The number of hydrogen-bond acceptors (Lipinski definition) is 3. The molecule has 2 rings (SSSR count). The van der Waals surface area contributed by atoms with Crippen LogP contribution in [0.25, 0.3) is 0 Å². The van der Waals surface area contributed by atoms with E-state index in [1.807, 2.05) is 12.4 Å². The van der Waals surface area contributed by atoms with Crippen molar-refractivity contribution in [1.82, 2.24) is 15.3 Å². The number of hydrogen-bond donors (Lipinski definition) is 2. The molecule has 0 fully saturated rings. The molecule has 0 radical (unpaired) electrons. The van der Waals surface area contributed by atoms with Gasteiger partial charge < -0.3 is 10.3 Å². The molecule has 1 aliphatic rings. The van der Waals surface area contributed by atoms with Gasteiger partial charge in [-0.05, 0) is 6.42 Å². The molecule has 1 aromatic rings. The third-order valence-electron chi connectivity index (χ3n) is 3.42. The Morgan fingerprint density at radius 2 is 2.00 bits per heavy atom. The average Bonchev–Trinajstić information content (AvgIpc) is 2.83. The van der Waals surface area contributed by atoms with Gasteiger partial charge in [0.15, 0.2) is 0 Å². The molecular weight excluding hydrogens is 224 g/mol. The highest BCUT2D eigenvalue weighted by Gasteiger charge is 2.32. The molecule has 1 unspecified atom stereocenters. The molecule has 0 aliphatic carbocycles. The van der Waals surface area contributed by atoms with E-state index in [1.54, 1.807) is 0 Å². The minimum atomic E-state index is 0.0457. The number of nitrogens with one attached hydrogen (secondary N) is 2. The second kappa shape index (κ2) is 4.41. The first-order valence-corrected chi connectivity index (χ1v) is 6.60. The summed E-state index contributed by atoms with van der Waals surface area (Å²) in [6, 6.07) is 0.416. The normalized spacial score (nSPS) is 20.7. The Balaban J connectivity index is 1.98. The zero-order valence-electron chi connectivity index (χ0n) is 12.0. The lowest BCUT2D eigenvalue weighted by Gasteiger charge is -2.27. The molecule has 18 heavy (non-hydrogen) atoms. The van der Waals surface area contributed by atoms with Crippen molar-refractivity contribution in [2.75, 3.05) is 6.54 Å². The fourth-order valence-electron chi connectivity index (χ4n) is 2.40. The van der Waals surface area contributed by atoms with Gasteiger partial charge in [-0.3, -0.25) is 4.99 Å². The number of aromatic amines is 1. The number of aliphatic imine (C=N–C) groups is 1. The molecule has 4 nitrogen and oxygen atoms in total. The van der Waals surface area contributed by atoms with E-state index in [0.29, 0.717) is 6.04 Å². The Hall–Kier alpha value is -1.32. The quantitative estimate of drug-likeness (QED) is 0.863. The molecular formula is C14H24N4. The molecule has 0 aromatic carbocycles. The Labute approximate surface area is 109 Å². The summed E-state index contributed by atoms with van der Waals surface area (Å²) in [4.78, 5) is 12.2. The summed E-state index contributed by atoms with van der Waals surface area (Å²) in [6.07, 6.45) is 4.73. The highest BCUT2D eigenvalue weighted by atomic mass is 15.1. The van der Waals surface area contributed by atoms with Crippen molar-refractivity contribution in [3.05, 3.63) is 18.2 Å². The summed E-state index contributed by atoms with van der Waals surface area (Å²) >= 11 is 0. The van der Waals surface area contributed by atoms with E-state index in [4.69, 9.17) is 0 Å². The summed E-state index contributed by atoms with van der Waals surface area (Å²) in [5.74, 6) is 2.18. The highest BCUT2D eigenvalue weighted by Crippen LogP contribution is 2.28. The van der Waals surface area contributed by atoms with Crippen LogP contribution in [-0.4, -0.2) is 28.4 Å². The van der Waals surface area contributed by atoms with Crippen LogP contribution < -0.4 is 5.32 Å². The van der Waals surface area contributed by atoms with Gasteiger partial charge in [0.05, 0.1) is 6.54 Å². The van der Waals surface area contributed by atoms with Crippen LogP contribution in [0.5, 0.6) is 0 Å². The van der Waals surface area contributed by atoms with Crippen LogP contribution in [0.1, 0.15) is 46.9 Å². The molecule has 2 heterocycles. The minimum Gasteiger partial charge on any atom is -0.369 e. The zero-order valence-corrected chi connectivity index (χ0v) is 12.0. The molecule has 1 aromatic heterocycles. The van der Waals surface area contributed by atoms with E-state index < -0.39 is 0 Å². The lowest BCUT2D eigenvalue weighted by Crippen LogP contribution is -2.40. The van der Waals surface area contributed by atoms with Gasteiger partial charge in [-0.25, -0.2) is 4.98 Å². The largest absolute Gasteiger partial charge is 0.369 e. The number of nitrogens with zero attached hydrogens (tertiary/aromatic N) is 2. The number of H-pyrrole nitrogens is 1. The van der Waals surface area contributed by atoms with Crippen LogP contribution in [0.2, 0.25) is 0 Å². The summed E-state index contributed by atoms with van der Waals surface area (Å²) in [5, 5.41) is 3.56. The Morgan fingerprint density at radius 1 is 1.28 bits per heavy atom. The third-order valence-corrected chi connectivity index (χ3v) is 3.42. The van der Waals surface area contributed by atoms with Gasteiger partial charge in [0.2, 0.25) is 0 Å². The van der Waals surface area contributed by atoms with Crippen LogP contribution in [0, 0.1) is 5.41 Å². The third kappa shape index (κ3) is 2.74. The van der Waals surface area contributed by atoms with E-state index >= 15 is 0 Å². The lowest BCUT2D eigenvalue weighted by atomic mass is 9.85. The van der Waals surface area contributed by atoms with Crippen LogP contribution in [0.15, 0.2) is 17.4 Å². The van der Waals surface area contributed by atoms with Gasteiger partial charge in [-0.15, -0.1) is 0 Å². The number of rotatable bonds is 3. The SMILES string of the molecule is CC(C)(C)C1=NCC(CC(C)(C)c2ncc[nH]2)N1. The predicted molar refractivity (Wildman–Crippen MR) is 74.9 cm³/mol. The van der Waals surface area contributed by atoms with Gasteiger partial charge in [0.1, 0.15) is 11.7 Å². The smallest absolute Gasteiger partial charge is 0.111 e. The van der Waals surface area contributed by atoms with Crippen molar-refractivity contribution in [3.8, 4) is 0 Å². The maximum atomic E-state index is 4.63. The molecule has 100 valence electrons. The van der Waals surface area contributed by atoms with Crippen LogP contribution in [0.4, 0.5) is 0 Å². The summed E-state index contributed by atoms with van der Waals surface area (Å²) in [7, 11) is 0. The molecule has 0 saturated carbocycles. The first-order chi connectivity index (χ1) is 8.29. The molecule has 1 atom stereocenters. The second-order valence-electron chi connectivity index (χ2n) is 6.81. The Bertz CT molecular complexity index is 423. The first kappa shape index (κ1) is 13.1. The lowest BCUT2D eigenvalue weighted by molar-refractivity contribution is 0.396. The fourth-order valence-corrected chi connectivity index (χ4v) is 2.40. The van der Waals surface area contributed by atoms with Gasteiger partial charge in [0, 0.05) is 29.3 Å². The van der Waals surface area contributed by atoms with Gasteiger partial charge in [-0.2, -0.15) is 0 Å². The molecule has 0 amide bonds. The van der Waals surface area contributed by atoms with Crippen molar-refractivity contribution in [2.45, 2.75) is 52.5 Å². The highest BCUT2D eigenvalue weighted by molar-refractivity contribution is 5.88. The van der Waals surface area contributed by atoms with E-state index in [2.05, 4.69) is 54.9 Å². The van der Waals surface area contributed by atoms with Crippen LogP contribution >= 0.6 is 0 Å². The Kier molecular flexibility index (Phi) is 3.21. The van der Waals surface area contributed by atoms with E-state index in [-0.39, 0.29) is 10.8 Å². The predicted octanol–water partition coefficient (Wildman–Crippen LogP) is 2.49. The van der Waals surface area contributed by atoms with E-state index in [1.165, 1.54) is 0 Å². The van der Waals surface area contributed by atoms with Crippen molar-refractivity contribution in [2.24, 2.45) is 10.4 Å². The molecule has 4 heteroatoms. The standard InChI is InChI=1S/C14H24N4/c1-13(2,3)11-17-9-10(18-11)8-14(4,5)12-15-6-7-16-12/h6-7,10H,8-9H2,1-5H3,(H,15,16)(H,17,18). The summed E-state index contributed by atoms with van der Waals surface area (Å²) < 4.78 is 0. The van der Waals surface area contributed by atoms with Crippen molar-refractivity contribution < 1.29 is 0 Å². The molecule has 1 aliphatic heterocycles. The first-order valence-electron chi connectivity index (χ1n) is 6.60. The fraction of sp³-hybridized carbons (Fsp3) is 0.714. The summed E-state index contributed by atoms with van der Waals surface area (Å²) in [6.45, 7) is 11.9. The second-order valence-corrected chi connectivity index (χ2v) is 6.81. The van der Waals surface area contributed by atoms with Crippen molar-refractivity contribution in [1.29, 1.82) is 0 Å². The topological polar surface area (TPSA) is 53.1 Å². The van der Waals surface area contributed by atoms with Gasteiger partial charge in [0.25, 0.3) is 0 Å². The maximum absolute atomic E-state index is 4.63. The number of aromatic nitrogens is 2. The van der Waals surface area contributed by atoms with Gasteiger partial charge >= 0.3 is 0 Å². The van der Waals surface area contributed by atoms with Crippen molar-refractivity contribution in [3.63, 3.8) is 0 Å². The van der Waals surface area contributed by atoms with E-state index in [0.717, 1.165) is 24.6 Å². The monoisotopic (exact) mass is 248 g/mol. The minimum absolute atomic E-state index is 0.0457. The van der Waals surface area contributed by atoms with E-state index in [9.17, 15) is 0 Å². The molecule has 0 bridgehead atoms. The zero-order chi connectivity index (χ0) is 13.4. The average molecular weight is 248 g/mol. The summed E-state index contributed by atoms with van der Waals surface area (Å²) in [5.41, 5.74) is 0.160. The van der Waals surface area contributed by atoms with Crippen molar-refractivity contribution >= 4 is 5.84 Å². The molecule has 2 N–H and O–H groups in total. The molecule has 0 spiro atoms. The van der Waals surface area contributed by atoms with Crippen LogP contribution in [0.3, 0.4) is 0 Å². The number of amidine groups is 1.